The Morgan fingerprint density at radius 1 is 1.41 bits per heavy atom. The first kappa shape index (κ1) is 17.1. The predicted octanol–water partition coefficient (Wildman–Crippen LogP) is 0.979. The third kappa shape index (κ3) is 4.60. The Hall–Kier alpha value is -1.30. The van der Waals surface area contributed by atoms with E-state index in [1.165, 1.54) is 6.42 Å². The molecule has 2 aliphatic heterocycles. The van der Waals surface area contributed by atoms with Crippen LogP contribution in [0.2, 0.25) is 0 Å². The summed E-state index contributed by atoms with van der Waals surface area (Å²) in [5, 5.41) is 6.25. The highest BCUT2D eigenvalue weighted by Crippen LogP contribution is 2.38. The Morgan fingerprint density at radius 2 is 2.23 bits per heavy atom. The number of hydrogen-bond acceptors (Lipinski definition) is 3. The average Bonchev–Trinajstić information content (AvgIpc) is 3.08. The van der Waals surface area contributed by atoms with Gasteiger partial charge < -0.3 is 20.3 Å². The van der Waals surface area contributed by atoms with Gasteiger partial charge in [-0.15, -0.1) is 0 Å². The van der Waals surface area contributed by atoms with E-state index in [4.69, 9.17) is 4.74 Å². The molecule has 2 fully saturated rings. The number of nitrogens with one attached hydrogen (secondary N) is 2. The lowest BCUT2D eigenvalue weighted by molar-refractivity contribution is -0.121. The van der Waals surface area contributed by atoms with Crippen molar-refractivity contribution in [3.8, 4) is 0 Å². The first-order chi connectivity index (χ1) is 10.5. The Bertz CT molecular complexity index is 403. The molecule has 1 amide bonds. The summed E-state index contributed by atoms with van der Waals surface area (Å²) >= 11 is 0. The second-order valence-electron chi connectivity index (χ2n) is 6.68. The number of aliphatic imine (C=N–C) groups is 1. The molecule has 0 aromatic carbocycles. The number of guanidine groups is 1. The van der Waals surface area contributed by atoms with Gasteiger partial charge in [0.15, 0.2) is 5.96 Å². The number of hydrogen-bond donors (Lipinski definition) is 2. The normalized spacial score (nSPS) is 25.3. The van der Waals surface area contributed by atoms with E-state index in [9.17, 15) is 4.79 Å². The van der Waals surface area contributed by atoms with Gasteiger partial charge in [-0.3, -0.25) is 9.79 Å². The fraction of sp³-hybridized carbons (Fsp3) is 0.875. The molecular weight excluding hydrogens is 280 g/mol. The number of carbonyl (C=O) groups excluding carboxylic acids is 1. The number of rotatable bonds is 5. The summed E-state index contributed by atoms with van der Waals surface area (Å²) in [4.78, 5) is 18.6. The second-order valence-corrected chi connectivity index (χ2v) is 6.68. The Balaban J connectivity index is 1.86. The number of amides is 1. The number of likely N-dealkylation sites (tertiary alicyclic amines) is 1. The smallest absolute Gasteiger partial charge is 0.222 e. The van der Waals surface area contributed by atoms with Crippen LogP contribution in [0.1, 0.15) is 40.0 Å². The molecule has 0 aliphatic carbocycles. The lowest BCUT2D eigenvalue weighted by Crippen LogP contribution is -2.41. The molecule has 2 heterocycles. The molecule has 1 unspecified atom stereocenters. The molecule has 6 nitrogen and oxygen atoms in total. The third-order valence-corrected chi connectivity index (χ3v) is 4.31. The molecule has 2 N–H and O–H groups in total. The van der Waals surface area contributed by atoms with Gasteiger partial charge in [0.05, 0.1) is 13.2 Å². The molecule has 2 saturated heterocycles. The van der Waals surface area contributed by atoms with Gasteiger partial charge >= 0.3 is 0 Å². The molecule has 0 saturated carbocycles. The minimum Gasteiger partial charge on any atom is -0.381 e. The van der Waals surface area contributed by atoms with Crippen molar-refractivity contribution in [3.05, 3.63) is 0 Å². The average molecular weight is 310 g/mol. The molecule has 0 bridgehead atoms. The molecule has 22 heavy (non-hydrogen) atoms. The molecule has 126 valence electrons. The zero-order valence-corrected chi connectivity index (χ0v) is 14.2. The highest BCUT2D eigenvalue weighted by molar-refractivity contribution is 5.81. The van der Waals surface area contributed by atoms with Crippen molar-refractivity contribution in [3.63, 3.8) is 0 Å². The second kappa shape index (κ2) is 7.81. The number of ether oxygens (including phenoxy) is 1. The fourth-order valence-corrected chi connectivity index (χ4v) is 3.17. The highest BCUT2D eigenvalue weighted by atomic mass is 16.5. The van der Waals surface area contributed by atoms with Gasteiger partial charge in [-0.05, 0) is 33.6 Å². The fourth-order valence-electron chi connectivity index (χ4n) is 3.17. The molecule has 2 aliphatic rings. The Labute approximate surface area is 133 Å². The summed E-state index contributed by atoms with van der Waals surface area (Å²) in [5.74, 6) is 1.00. The predicted molar refractivity (Wildman–Crippen MR) is 87.9 cm³/mol. The van der Waals surface area contributed by atoms with Gasteiger partial charge in [-0.2, -0.15) is 0 Å². The number of nitrogens with zero attached hydrogens (tertiary/aromatic N) is 2. The Morgan fingerprint density at radius 3 is 2.86 bits per heavy atom. The summed E-state index contributed by atoms with van der Waals surface area (Å²) in [7, 11) is 0. The first-order valence-corrected chi connectivity index (χ1v) is 8.45. The third-order valence-electron chi connectivity index (χ3n) is 4.31. The van der Waals surface area contributed by atoms with Crippen molar-refractivity contribution >= 4 is 11.9 Å². The van der Waals surface area contributed by atoms with Crippen molar-refractivity contribution in [2.45, 2.75) is 46.1 Å². The van der Waals surface area contributed by atoms with Gasteiger partial charge in [0.1, 0.15) is 0 Å². The van der Waals surface area contributed by atoms with E-state index in [0.29, 0.717) is 18.4 Å². The van der Waals surface area contributed by atoms with Crippen LogP contribution in [0.25, 0.3) is 0 Å². The number of carbonyl (C=O) groups is 1. The van der Waals surface area contributed by atoms with E-state index in [0.717, 1.165) is 45.2 Å². The lowest BCUT2D eigenvalue weighted by Gasteiger charge is -2.25. The molecular formula is C16H30N4O2. The Kier molecular flexibility index (Phi) is 6.06. The molecule has 6 heteroatoms. The monoisotopic (exact) mass is 310 g/mol. The van der Waals surface area contributed by atoms with Gasteiger partial charge in [0, 0.05) is 44.1 Å². The lowest BCUT2D eigenvalue weighted by atomic mass is 9.87. The summed E-state index contributed by atoms with van der Waals surface area (Å²) in [6.45, 7) is 11.2. The van der Waals surface area contributed by atoms with Gasteiger partial charge in [0.2, 0.25) is 5.91 Å². The van der Waals surface area contributed by atoms with E-state index in [1.54, 1.807) is 0 Å². The van der Waals surface area contributed by atoms with E-state index < -0.39 is 0 Å². The molecule has 1 atom stereocenters. The first-order valence-electron chi connectivity index (χ1n) is 8.45. The van der Waals surface area contributed by atoms with E-state index >= 15 is 0 Å². The van der Waals surface area contributed by atoms with Crippen molar-refractivity contribution in [1.29, 1.82) is 0 Å². The van der Waals surface area contributed by atoms with Crippen molar-refractivity contribution in [2.75, 3.05) is 39.4 Å². The molecule has 0 aromatic rings. The van der Waals surface area contributed by atoms with Crippen LogP contribution < -0.4 is 10.6 Å². The molecule has 0 radical (unpaired) electrons. The minimum atomic E-state index is 0.0664. The highest BCUT2D eigenvalue weighted by Gasteiger charge is 2.42. The van der Waals surface area contributed by atoms with Crippen LogP contribution in [-0.4, -0.2) is 62.2 Å². The van der Waals surface area contributed by atoms with Crippen molar-refractivity contribution in [2.24, 2.45) is 10.4 Å². The molecule has 0 aromatic heterocycles. The van der Waals surface area contributed by atoms with Crippen molar-refractivity contribution in [1.82, 2.24) is 15.5 Å². The van der Waals surface area contributed by atoms with Crippen LogP contribution in [0.3, 0.4) is 0 Å². The van der Waals surface area contributed by atoms with Gasteiger partial charge in [0.25, 0.3) is 0 Å². The summed E-state index contributed by atoms with van der Waals surface area (Å²) in [6, 6.07) is 0.186. The van der Waals surface area contributed by atoms with Crippen LogP contribution in [0, 0.1) is 5.41 Å². The maximum absolute atomic E-state index is 11.7. The van der Waals surface area contributed by atoms with Crippen LogP contribution in [0.5, 0.6) is 0 Å². The molecule has 1 spiro atoms. The largest absolute Gasteiger partial charge is 0.381 e. The standard InChI is InChI=1S/C16H30N4O2/c1-4-17-15(18-8-5-14(21)19-13(2)3)20-9-6-16(11-20)7-10-22-12-16/h13H,4-12H2,1-3H3,(H,17,18)(H,19,21). The molecule has 2 rings (SSSR count). The SMILES string of the molecule is CCNC(=NCCC(=O)NC(C)C)N1CCC2(CCOC2)C1. The van der Waals surface area contributed by atoms with Crippen LogP contribution in [0.4, 0.5) is 0 Å². The summed E-state index contributed by atoms with van der Waals surface area (Å²) in [6.07, 6.45) is 2.76. The van der Waals surface area contributed by atoms with E-state index in [-0.39, 0.29) is 11.9 Å². The quantitative estimate of drug-likeness (QED) is 0.587. The van der Waals surface area contributed by atoms with Gasteiger partial charge in [-0.25, -0.2) is 0 Å². The van der Waals surface area contributed by atoms with Crippen LogP contribution in [-0.2, 0) is 9.53 Å². The summed E-state index contributed by atoms with van der Waals surface area (Å²) in [5.41, 5.74) is 0.325. The zero-order valence-electron chi connectivity index (χ0n) is 14.2. The van der Waals surface area contributed by atoms with Crippen LogP contribution in [0.15, 0.2) is 4.99 Å². The van der Waals surface area contributed by atoms with Crippen molar-refractivity contribution < 1.29 is 9.53 Å². The van der Waals surface area contributed by atoms with Gasteiger partial charge in [-0.1, -0.05) is 0 Å². The summed E-state index contributed by atoms with van der Waals surface area (Å²) < 4.78 is 5.58. The zero-order chi connectivity index (χ0) is 16.0. The van der Waals surface area contributed by atoms with Crippen LogP contribution >= 0.6 is 0 Å². The maximum atomic E-state index is 11.7. The van der Waals surface area contributed by atoms with E-state index in [2.05, 4.69) is 27.4 Å². The van der Waals surface area contributed by atoms with E-state index in [1.807, 2.05) is 13.8 Å². The topological polar surface area (TPSA) is 66.0 Å². The maximum Gasteiger partial charge on any atom is 0.222 e. The minimum absolute atomic E-state index is 0.0664.